The second kappa shape index (κ2) is 6.83. The van der Waals surface area contributed by atoms with E-state index in [1.807, 2.05) is 0 Å². The molecule has 0 unspecified atom stereocenters. The van der Waals surface area contributed by atoms with E-state index in [1.165, 1.54) is 18.2 Å². The normalized spacial score (nSPS) is 10.4. The molecule has 110 valence electrons. The van der Waals surface area contributed by atoms with Crippen LogP contribution >= 0.6 is 0 Å². The predicted octanol–water partition coefficient (Wildman–Crippen LogP) is 3.45. The largest absolute Gasteiger partial charge is 0.481 e. The molecule has 3 nitrogen and oxygen atoms in total. The van der Waals surface area contributed by atoms with Crippen LogP contribution in [0.1, 0.15) is 12.0 Å². The van der Waals surface area contributed by atoms with E-state index in [0.717, 1.165) is 0 Å². The van der Waals surface area contributed by atoms with Crippen molar-refractivity contribution in [2.45, 2.75) is 13.0 Å². The number of hydrogen-bond donors (Lipinski definition) is 1. The molecule has 0 saturated heterocycles. The highest BCUT2D eigenvalue weighted by molar-refractivity contribution is 5.67. The third kappa shape index (κ3) is 4.27. The van der Waals surface area contributed by atoms with Gasteiger partial charge in [0.25, 0.3) is 0 Å². The molecule has 21 heavy (non-hydrogen) atoms. The van der Waals surface area contributed by atoms with E-state index in [-0.39, 0.29) is 31.1 Å². The van der Waals surface area contributed by atoms with Gasteiger partial charge in [0.05, 0.1) is 6.42 Å². The number of benzene rings is 2. The molecule has 0 spiro atoms. The zero-order valence-corrected chi connectivity index (χ0v) is 11.3. The fourth-order valence-corrected chi connectivity index (χ4v) is 2.01. The number of nitrogens with zero attached hydrogens (tertiary/aromatic N) is 1. The van der Waals surface area contributed by atoms with E-state index in [2.05, 4.69) is 0 Å². The Morgan fingerprint density at radius 2 is 1.71 bits per heavy atom. The number of rotatable bonds is 6. The summed E-state index contributed by atoms with van der Waals surface area (Å²) in [6.07, 6.45) is -0.0776. The van der Waals surface area contributed by atoms with Crippen LogP contribution < -0.4 is 4.90 Å². The van der Waals surface area contributed by atoms with Crippen LogP contribution in [0.25, 0.3) is 0 Å². The van der Waals surface area contributed by atoms with Gasteiger partial charge in [-0.1, -0.05) is 18.2 Å². The predicted molar refractivity (Wildman–Crippen MR) is 76.1 cm³/mol. The van der Waals surface area contributed by atoms with Crippen LogP contribution in [0.3, 0.4) is 0 Å². The van der Waals surface area contributed by atoms with E-state index in [9.17, 15) is 13.6 Å². The molecule has 0 amide bonds. The molecular weight excluding hydrogens is 276 g/mol. The minimum absolute atomic E-state index is 0.0776. The van der Waals surface area contributed by atoms with Crippen LogP contribution in [0.4, 0.5) is 14.5 Å². The molecule has 0 aromatic heterocycles. The van der Waals surface area contributed by atoms with Crippen molar-refractivity contribution in [1.82, 2.24) is 0 Å². The number of anilines is 1. The maximum absolute atomic E-state index is 13.7. The third-order valence-electron chi connectivity index (χ3n) is 3.11. The van der Waals surface area contributed by atoms with Gasteiger partial charge < -0.3 is 10.0 Å². The highest BCUT2D eigenvalue weighted by Gasteiger charge is 2.12. The molecular formula is C16H15F2NO2. The average Bonchev–Trinajstić information content (AvgIpc) is 2.46. The second-order valence-corrected chi connectivity index (χ2v) is 4.63. The first-order valence-corrected chi connectivity index (χ1v) is 6.52. The van der Waals surface area contributed by atoms with Crippen molar-refractivity contribution in [3.8, 4) is 0 Å². The maximum Gasteiger partial charge on any atom is 0.305 e. The molecule has 2 aromatic carbocycles. The molecule has 0 aliphatic rings. The number of carboxylic acids is 1. The minimum Gasteiger partial charge on any atom is -0.481 e. The molecule has 2 rings (SSSR count). The fourth-order valence-electron chi connectivity index (χ4n) is 2.01. The lowest BCUT2D eigenvalue weighted by Gasteiger charge is -2.24. The average molecular weight is 291 g/mol. The maximum atomic E-state index is 13.7. The Morgan fingerprint density at radius 3 is 2.33 bits per heavy atom. The van der Waals surface area contributed by atoms with Crippen molar-refractivity contribution in [3.63, 3.8) is 0 Å². The Hall–Kier alpha value is -2.43. The monoisotopic (exact) mass is 291 g/mol. The summed E-state index contributed by atoms with van der Waals surface area (Å²) >= 11 is 0. The van der Waals surface area contributed by atoms with Gasteiger partial charge in [-0.15, -0.1) is 0 Å². The molecule has 0 atom stereocenters. The first-order valence-electron chi connectivity index (χ1n) is 6.52. The Balaban J connectivity index is 2.21. The summed E-state index contributed by atoms with van der Waals surface area (Å²) in [7, 11) is 0. The molecule has 0 saturated carbocycles. The zero-order valence-electron chi connectivity index (χ0n) is 11.3. The number of carboxylic acid groups (broad SMARTS) is 1. The fraction of sp³-hybridized carbons (Fsp3) is 0.188. The van der Waals surface area contributed by atoms with Crippen molar-refractivity contribution in [1.29, 1.82) is 0 Å². The van der Waals surface area contributed by atoms with E-state index < -0.39 is 5.97 Å². The molecule has 5 heteroatoms. The van der Waals surface area contributed by atoms with E-state index in [1.54, 1.807) is 35.2 Å². The van der Waals surface area contributed by atoms with E-state index in [4.69, 9.17) is 5.11 Å². The van der Waals surface area contributed by atoms with Gasteiger partial charge in [0.2, 0.25) is 0 Å². The Labute approximate surface area is 121 Å². The highest BCUT2D eigenvalue weighted by Crippen LogP contribution is 2.19. The summed E-state index contributed by atoms with van der Waals surface area (Å²) in [6, 6.07) is 12.0. The number of aliphatic carboxylic acids is 1. The quantitative estimate of drug-likeness (QED) is 0.886. The Morgan fingerprint density at radius 1 is 1.05 bits per heavy atom. The van der Waals surface area contributed by atoms with Crippen LogP contribution in [0.2, 0.25) is 0 Å². The summed E-state index contributed by atoms with van der Waals surface area (Å²) in [5.74, 6) is -1.65. The van der Waals surface area contributed by atoms with Gasteiger partial charge in [0, 0.05) is 24.3 Å². The summed E-state index contributed by atoms with van der Waals surface area (Å²) in [5.41, 5.74) is 1.12. The lowest BCUT2D eigenvalue weighted by molar-refractivity contribution is -0.136. The lowest BCUT2D eigenvalue weighted by atomic mass is 10.1. The van der Waals surface area contributed by atoms with Gasteiger partial charge in [0.15, 0.2) is 0 Å². The first-order chi connectivity index (χ1) is 10.1. The van der Waals surface area contributed by atoms with E-state index in [0.29, 0.717) is 11.3 Å². The smallest absolute Gasteiger partial charge is 0.305 e. The summed E-state index contributed by atoms with van der Waals surface area (Å²) < 4.78 is 26.7. The van der Waals surface area contributed by atoms with Crippen LogP contribution in [0.15, 0.2) is 48.5 Å². The van der Waals surface area contributed by atoms with Crippen molar-refractivity contribution in [2.75, 3.05) is 11.4 Å². The van der Waals surface area contributed by atoms with Gasteiger partial charge in [-0.3, -0.25) is 4.79 Å². The SMILES string of the molecule is O=C(O)CCN(Cc1ccccc1F)c1ccc(F)cc1. The van der Waals surface area contributed by atoms with Gasteiger partial charge in [0.1, 0.15) is 11.6 Å². The number of carbonyl (C=O) groups is 1. The topological polar surface area (TPSA) is 40.5 Å². The molecule has 0 bridgehead atoms. The Kier molecular flexibility index (Phi) is 4.87. The van der Waals surface area contributed by atoms with Crippen molar-refractivity contribution < 1.29 is 18.7 Å². The molecule has 0 fully saturated rings. The summed E-state index contributed by atoms with van der Waals surface area (Å²) in [6.45, 7) is 0.445. The number of hydrogen-bond acceptors (Lipinski definition) is 2. The third-order valence-corrected chi connectivity index (χ3v) is 3.11. The van der Waals surface area contributed by atoms with Crippen LogP contribution in [0.5, 0.6) is 0 Å². The van der Waals surface area contributed by atoms with Crippen LogP contribution in [-0.4, -0.2) is 17.6 Å². The zero-order chi connectivity index (χ0) is 15.2. The Bertz CT molecular complexity index is 614. The minimum atomic E-state index is -0.935. The standard InChI is InChI=1S/C16H15F2NO2/c17-13-5-7-14(8-6-13)19(10-9-16(20)21)11-12-3-1-2-4-15(12)18/h1-8H,9-11H2,(H,20,21). The summed E-state index contributed by atoms with van der Waals surface area (Å²) in [4.78, 5) is 12.5. The van der Waals surface area contributed by atoms with Crippen molar-refractivity contribution in [2.24, 2.45) is 0 Å². The molecule has 0 radical (unpaired) electrons. The van der Waals surface area contributed by atoms with Gasteiger partial charge in [-0.2, -0.15) is 0 Å². The van der Waals surface area contributed by atoms with Crippen LogP contribution in [-0.2, 0) is 11.3 Å². The molecule has 1 N–H and O–H groups in total. The summed E-state index contributed by atoms with van der Waals surface area (Å²) in [5, 5.41) is 8.81. The molecule has 0 aliphatic heterocycles. The van der Waals surface area contributed by atoms with E-state index >= 15 is 0 Å². The second-order valence-electron chi connectivity index (χ2n) is 4.63. The van der Waals surface area contributed by atoms with Crippen molar-refractivity contribution >= 4 is 11.7 Å². The lowest BCUT2D eigenvalue weighted by Crippen LogP contribution is -2.26. The molecule has 0 aliphatic carbocycles. The molecule has 2 aromatic rings. The van der Waals surface area contributed by atoms with Crippen LogP contribution in [0, 0.1) is 11.6 Å². The van der Waals surface area contributed by atoms with Gasteiger partial charge in [-0.05, 0) is 30.3 Å². The first kappa shape index (κ1) is 15.0. The van der Waals surface area contributed by atoms with Crippen molar-refractivity contribution in [3.05, 3.63) is 65.7 Å². The van der Waals surface area contributed by atoms with Gasteiger partial charge in [-0.25, -0.2) is 8.78 Å². The highest BCUT2D eigenvalue weighted by atomic mass is 19.1. The number of halogens is 2. The molecule has 0 heterocycles. The van der Waals surface area contributed by atoms with Gasteiger partial charge >= 0.3 is 5.97 Å².